The molecule has 0 saturated heterocycles. The van der Waals surface area contributed by atoms with E-state index < -0.39 is 0 Å². The molecule has 2 rings (SSSR count). The Kier molecular flexibility index (Phi) is 5.30. The summed E-state index contributed by atoms with van der Waals surface area (Å²) in [4.78, 5) is 2.81. The van der Waals surface area contributed by atoms with Gasteiger partial charge >= 0.3 is 0 Å². The third kappa shape index (κ3) is 3.45. The Morgan fingerprint density at radius 1 is 1.00 bits per heavy atom. The van der Waals surface area contributed by atoms with Crippen LogP contribution in [0.2, 0.25) is 0 Å². The topological polar surface area (TPSA) is 29.3 Å². The van der Waals surface area contributed by atoms with Crippen molar-refractivity contribution in [3.05, 3.63) is 0 Å². The summed E-state index contributed by atoms with van der Waals surface area (Å²) in [6.07, 6.45) is 13.7. The van der Waals surface area contributed by atoms with Crippen LogP contribution < -0.4 is 5.73 Å². The molecule has 2 heteroatoms. The van der Waals surface area contributed by atoms with Crippen molar-refractivity contribution >= 4 is 0 Å². The zero-order chi connectivity index (χ0) is 12.1. The molecule has 0 aromatic carbocycles. The van der Waals surface area contributed by atoms with Gasteiger partial charge < -0.3 is 5.73 Å². The van der Waals surface area contributed by atoms with Crippen LogP contribution in [0, 0.1) is 0 Å². The summed E-state index contributed by atoms with van der Waals surface area (Å²) in [7, 11) is 0. The van der Waals surface area contributed by atoms with E-state index in [0.717, 1.165) is 6.04 Å². The summed E-state index contributed by atoms with van der Waals surface area (Å²) < 4.78 is 0. The first-order chi connectivity index (χ1) is 8.33. The Morgan fingerprint density at radius 3 is 2.29 bits per heavy atom. The molecule has 100 valence electrons. The Morgan fingerprint density at radius 2 is 1.65 bits per heavy atom. The Hall–Kier alpha value is -0.0800. The second-order valence-corrected chi connectivity index (χ2v) is 6.05. The molecule has 0 aromatic heterocycles. The fourth-order valence-corrected chi connectivity index (χ4v) is 3.75. The highest BCUT2D eigenvalue weighted by atomic mass is 15.2. The maximum Gasteiger partial charge on any atom is 0.0250 e. The standard InChI is InChI=1S/C15H30N2/c1-2-3-12-17(13-8-4-5-9-13)15-11-7-6-10-14(15)16/h13-15H,2-12,16H2,1H3/t14-,15-/m1/s1. The summed E-state index contributed by atoms with van der Waals surface area (Å²) in [6.45, 7) is 3.59. The SMILES string of the molecule is CCCCN(C1CCCC1)[C@@H]1CCCC[C@H]1N. The summed E-state index contributed by atoms with van der Waals surface area (Å²) >= 11 is 0. The lowest BCUT2D eigenvalue weighted by Crippen LogP contribution is -2.53. The molecule has 0 bridgehead atoms. The third-order valence-electron chi connectivity index (χ3n) is 4.77. The van der Waals surface area contributed by atoms with E-state index in [1.54, 1.807) is 0 Å². The molecule has 2 atom stereocenters. The Labute approximate surface area is 107 Å². The van der Waals surface area contributed by atoms with Crippen LogP contribution in [-0.4, -0.2) is 29.6 Å². The van der Waals surface area contributed by atoms with Gasteiger partial charge in [0.15, 0.2) is 0 Å². The van der Waals surface area contributed by atoms with Gasteiger partial charge in [0, 0.05) is 18.1 Å². The molecule has 2 aliphatic carbocycles. The summed E-state index contributed by atoms with van der Waals surface area (Å²) in [5.74, 6) is 0. The first-order valence-electron chi connectivity index (χ1n) is 7.84. The lowest BCUT2D eigenvalue weighted by molar-refractivity contribution is 0.0898. The molecule has 2 nitrogen and oxygen atoms in total. The van der Waals surface area contributed by atoms with Gasteiger partial charge in [-0.15, -0.1) is 0 Å². The van der Waals surface area contributed by atoms with Crippen molar-refractivity contribution in [2.45, 2.75) is 89.3 Å². The molecule has 0 amide bonds. The van der Waals surface area contributed by atoms with Crippen molar-refractivity contribution in [3.8, 4) is 0 Å². The molecule has 2 aliphatic rings. The van der Waals surface area contributed by atoms with Crippen molar-refractivity contribution in [2.24, 2.45) is 5.73 Å². The molecule has 0 aromatic rings. The monoisotopic (exact) mass is 238 g/mol. The van der Waals surface area contributed by atoms with Crippen molar-refractivity contribution < 1.29 is 0 Å². The number of nitrogens with zero attached hydrogens (tertiary/aromatic N) is 1. The maximum absolute atomic E-state index is 6.38. The molecular weight excluding hydrogens is 208 g/mol. The van der Waals surface area contributed by atoms with Gasteiger partial charge in [0.1, 0.15) is 0 Å². The van der Waals surface area contributed by atoms with Gasteiger partial charge in [0.25, 0.3) is 0 Å². The number of hydrogen-bond donors (Lipinski definition) is 1. The van der Waals surface area contributed by atoms with E-state index in [-0.39, 0.29) is 0 Å². The van der Waals surface area contributed by atoms with Gasteiger partial charge in [-0.1, -0.05) is 39.0 Å². The summed E-state index contributed by atoms with van der Waals surface area (Å²) in [5.41, 5.74) is 6.38. The van der Waals surface area contributed by atoms with E-state index in [9.17, 15) is 0 Å². The molecule has 2 fully saturated rings. The third-order valence-corrected chi connectivity index (χ3v) is 4.77. The van der Waals surface area contributed by atoms with Crippen LogP contribution in [0.15, 0.2) is 0 Å². The predicted octanol–water partition coefficient (Wildman–Crippen LogP) is 3.30. The zero-order valence-electron chi connectivity index (χ0n) is 11.5. The average molecular weight is 238 g/mol. The predicted molar refractivity (Wildman–Crippen MR) is 74.1 cm³/mol. The van der Waals surface area contributed by atoms with E-state index in [1.807, 2.05) is 0 Å². The van der Waals surface area contributed by atoms with E-state index in [1.165, 1.54) is 70.8 Å². The van der Waals surface area contributed by atoms with Crippen LogP contribution >= 0.6 is 0 Å². The minimum Gasteiger partial charge on any atom is -0.326 e. The molecule has 2 saturated carbocycles. The molecule has 0 unspecified atom stereocenters. The normalized spacial score (nSPS) is 31.2. The van der Waals surface area contributed by atoms with E-state index in [4.69, 9.17) is 5.73 Å². The zero-order valence-corrected chi connectivity index (χ0v) is 11.5. The van der Waals surface area contributed by atoms with E-state index in [2.05, 4.69) is 11.8 Å². The number of unbranched alkanes of at least 4 members (excludes halogenated alkanes) is 1. The van der Waals surface area contributed by atoms with Crippen LogP contribution in [0.3, 0.4) is 0 Å². The molecule has 0 heterocycles. The largest absolute Gasteiger partial charge is 0.326 e. The highest BCUT2D eigenvalue weighted by molar-refractivity contribution is 4.90. The fourth-order valence-electron chi connectivity index (χ4n) is 3.75. The van der Waals surface area contributed by atoms with Crippen LogP contribution in [0.1, 0.15) is 71.1 Å². The number of hydrogen-bond acceptors (Lipinski definition) is 2. The van der Waals surface area contributed by atoms with Crippen LogP contribution in [0.4, 0.5) is 0 Å². The first kappa shape index (κ1) is 13.4. The lowest BCUT2D eigenvalue weighted by atomic mass is 9.88. The van der Waals surface area contributed by atoms with Gasteiger partial charge in [-0.25, -0.2) is 0 Å². The fraction of sp³-hybridized carbons (Fsp3) is 1.00. The second-order valence-electron chi connectivity index (χ2n) is 6.05. The van der Waals surface area contributed by atoms with Crippen molar-refractivity contribution in [2.75, 3.05) is 6.54 Å². The van der Waals surface area contributed by atoms with Gasteiger partial charge in [-0.05, 0) is 38.6 Å². The Bertz CT molecular complexity index is 211. The minimum atomic E-state index is 0.446. The van der Waals surface area contributed by atoms with Gasteiger partial charge in [-0.2, -0.15) is 0 Å². The quantitative estimate of drug-likeness (QED) is 0.796. The van der Waals surface area contributed by atoms with Crippen LogP contribution in [0.5, 0.6) is 0 Å². The average Bonchev–Trinajstić information content (AvgIpc) is 2.85. The molecule has 0 radical (unpaired) electrons. The molecule has 17 heavy (non-hydrogen) atoms. The molecule has 0 aliphatic heterocycles. The summed E-state index contributed by atoms with van der Waals surface area (Å²) in [5, 5.41) is 0. The van der Waals surface area contributed by atoms with Crippen molar-refractivity contribution in [1.82, 2.24) is 4.90 Å². The van der Waals surface area contributed by atoms with Crippen molar-refractivity contribution in [1.29, 1.82) is 0 Å². The summed E-state index contributed by atoms with van der Waals surface area (Å²) in [6, 6.07) is 2.00. The van der Waals surface area contributed by atoms with Gasteiger partial charge in [-0.3, -0.25) is 4.90 Å². The van der Waals surface area contributed by atoms with E-state index >= 15 is 0 Å². The first-order valence-corrected chi connectivity index (χ1v) is 7.84. The smallest absolute Gasteiger partial charge is 0.0250 e. The van der Waals surface area contributed by atoms with Crippen LogP contribution in [0.25, 0.3) is 0 Å². The number of rotatable bonds is 5. The number of nitrogens with two attached hydrogens (primary N) is 1. The maximum atomic E-state index is 6.38. The highest BCUT2D eigenvalue weighted by Crippen LogP contribution is 2.30. The molecular formula is C15H30N2. The molecule has 0 spiro atoms. The molecule has 2 N–H and O–H groups in total. The highest BCUT2D eigenvalue weighted by Gasteiger charge is 2.32. The lowest BCUT2D eigenvalue weighted by Gasteiger charge is -2.42. The van der Waals surface area contributed by atoms with Gasteiger partial charge in [0.05, 0.1) is 0 Å². The van der Waals surface area contributed by atoms with Gasteiger partial charge in [0.2, 0.25) is 0 Å². The Balaban J connectivity index is 1.96. The van der Waals surface area contributed by atoms with Crippen LogP contribution in [-0.2, 0) is 0 Å². The minimum absolute atomic E-state index is 0.446. The second kappa shape index (κ2) is 6.75. The van der Waals surface area contributed by atoms with E-state index in [0.29, 0.717) is 12.1 Å². The van der Waals surface area contributed by atoms with Crippen molar-refractivity contribution in [3.63, 3.8) is 0 Å².